The Morgan fingerprint density at radius 1 is 0.725 bits per heavy atom. The first-order valence-corrected chi connectivity index (χ1v) is 15.1. The molecule has 14 nitrogen and oxygen atoms in total. The average Bonchev–Trinajstić information content (AvgIpc) is 2.89. The Hall–Kier alpha value is -2.96. The van der Waals surface area contributed by atoms with Gasteiger partial charge in [0.05, 0.1) is 22.7 Å². The number of Topliss-reactive ketones (excluding diaryl/α,β-unsaturated/α-hetero) is 2. The van der Waals surface area contributed by atoms with Gasteiger partial charge < -0.3 is 22.1 Å². The molecule has 1 fully saturated rings. The maximum Gasteiger partial charge on any atom is 0.296 e. The lowest BCUT2D eigenvalue weighted by Crippen LogP contribution is -2.50. The molecular weight excluding hydrogens is 611 g/mol. The van der Waals surface area contributed by atoms with E-state index in [9.17, 15) is 35.5 Å². The van der Waals surface area contributed by atoms with Crippen molar-refractivity contribution in [3.63, 3.8) is 0 Å². The lowest BCUT2D eigenvalue weighted by atomic mass is 9.92. The molecule has 18 heteroatoms. The van der Waals surface area contributed by atoms with Gasteiger partial charge in [-0.05, 0) is 36.4 Å². The first-order valence-electron chi connectivity index (χ1n) is 11.3. The Morgan fingerprint density at radius 3 is 1.38 bits per heavy atom. The molecule has 2 aromatic carbocycles. The van der Waals surface area contributed by atoms with Crippen molar-refractivity contribution in [3.05, 3.63) is 36.4 Å². The maximum absolute atomic E-state index is 13.0. The van der Waals surface area contributed by atoms with Crippen molar-refractivity contribution in [2.75, 3.05) is 36.8 Å². The van der Waals surface area contributed by atoms with Crippen molar-refractivity contribution >= 4 is 89.2 Å². The summed E-state index contributed by atoms with van der Waals surface area (Å²) in [6.45, 7) is 0.740. The third-order valence-corrected chi connectivity index (χ3v) is 7.95. The number of nitrogens with two attached hydrogens (primary N) is 2. The third kappa shape index (κ3) is 7.21. The first-order chi connectivity index (χ1) is 18.7. The van der Waals surface area contributed by atoms with Gasteiger partial charge in [0.1, 0.15) is 32.0 Å². The van der Waals surface area contributed by atoms with Gasteiger partial charge in [0.25, 0.3) is 20.2 Å². The Bertz CT molecular complexity index is 1490. The number of anilines is 2. The van der Waals surface area contributed by atoms with Crippen molar-refractivity contribution in [3.8, 4) is 0 Å². The molecule has 2 unspecified atom stereocenters. The number of carbonyl (C=O) groups excluding carboxylic acids is 2. The second-order valence-corrected chi connectivity index (χ2v) is 11.8. The van der Waals surface area contributed by atoms with Gasteiger partial charge in [0, 0.05) is 26.2 Å². The maximum atomic E-state index is 13.0. The lowest BCUT2D eigenvalue weighted by molar-refractivity contribution is -0.116. The van der Waals surface area contributed by atoms with Crippen LogP contribution in [0.15, 0.2) is 56.2 Å². The molecule has 2 aromatic rings. The quantitative estimate of drug-likeness (QED) is 0.159. The lowest BCUT2D eigenvalue weighted by Gasteiger charge is -2.22. The third-order valence-electron chi connectivity index (χ3n) is 5.35. The van der Waals surface area contributed by atoms with Gasteiger partial charge >= 0.3 is 0 Å². The number of hydrogen-bond donors (Lipinski definition) is 6. The highest BCUT2D eigenvalue weighted by Crippen LogP contribution is 2.31. The van der Waals surface area contributed by atoms with E-state index in [-0.39, 0.29) is 48.9 Å². The van der Waals surface area contributed by atoms with Crippen molar-refractivity contribution in [2.24, 2.45) is 21.5 Å². The average molecular weight is 636 g/mol. The number of nitrogens with one attached hydrogen (secondary N) is 2. The van der Waals surface area contributed by atoms with Crippen molar-refractivity contribution in [2.45, 2.75) is 20.5 Å². The van der Waals surface area contributed by atoms with Crippen LogP contribution in [0.3, 0.4) is 0 Å². The van der Waals surface area contributed by atoms with Gasteiger partial charge in [-0.3, -0.25) is 18.7 Å². The number of halogens is 2. The molecule has 8 N–H and O–H groups in total. The zero-order valence-corrected chi connectivity index (χ0v) is 23.6. The fourth-order valence-corrected chi connectivity index (χ4v) is 5.47. The number of nitrogens with zero attached hydrogens (tertiary/aromatic N) is 2. The highest BCUT2D eigenvalue weighted by Gasteiger charge is 2.44. The van der Waals surface area contributed by atoms with Crippen LogP contribution in [0.1, 0.15) is 0 Å². The molecule has 3 rings (SSSR count). The molecular formula is C22H24Cl2N6O8S2. The number of benzene rings is 2. The smallest absolute Gasteiger partial charge is 0.296 e. The summed E-state index contributed by atoms with van der Waals surface area (Å²) in [7, 11) is -9.43. The Kier molecular flexibility index (Phi) is 10.0. The van der Waals surface area contributed by atoms with Crippen LogP contribution >= 0.6 is 23.2 Å². The summed E-state index contributed by atoms with van der Waals surface area (Å²) in [4.78, 5) is 33.0. The van der Waals surface area contributed by atoms with E-state index < -0.39 is 63.8 Å². The fraction of sp³-hybridized carbons (Fsp3) is 0.273. The van der Waals surface area contributed by atoms with Crippen LogP contribution in [0.4, 0.5) is 22.7 Å². The van der Waals surface area contributed by atoms with E-state index in [0.29, 0.717) is 0 Å². The Balaban J connectivity index is 2.01. The van der Waals surface area contributed by atoms with Crippen LogP contribution in [0.2, 0.25) is 0 Å². The molecule has 0 bridgehead atoms. The van der Waals surface area contributed by atoms with Crippen LogP contribution in [0.25, 0.3) is 0 Å². The number of aliphatic imine (C=N–C) groups is 2. The van der Waals surface area contributed by atoms with E-state index in [4.69, 9.17) is 34.7 Å². The molecule has 2 atom stereocenters. The summed E-state index contributed by atoms with van der Waals surface area (Å²) < 4.78 is 66.6. The van der Waals surface area contributed by atoms with Crippen LogP contribution in [-0.4, -0.2) is 85.9 Å². The van der Waals surface area contributed by atoms with Crippen LogP contribution < -0.4 is 22.1 Å². The standard InChI is InChI=1S/C22H24Cl2N6O8S2/c23-17-19(29-11-1-3-13(27-7-5-25)15(9-11)39(33,34)35)21(31)18(24)20(22(17)32)30-12-2-4-14(28-8-6-26)16(10-12)40(36,37)38/h1-4,9-10,17-18,27-28H,5-8,25-26H2,(H,33,34,35)(H,36,37,38). The molecule has 40 heavy (non-hydrogen) atoms. The monoisotopic (exact) mass is 634 g/mol. The summed E-state index contributed by atoms with van der Waals surface area (Å²) in [6.07, 6.45) is 0. The van der Waals surface area contributed by atoms with Crippen molar-refractivity contribution < 1.29 is 35.5 Å². The Labute approximate surface area is 239 Å². The number of ketones is 2. The summed E-state index contributed by atoms with van der Waals surface area (Å²) in [6, 6.07) is 7.11. The predicted octanol–water partition coefficient (Wildman–Crippen LogP) is 1.13. The zero-order chi connectivity index (χ0) is 29.8. The van der Waals surface area contributed by atoms with Gasteiger partial charge in [-0.2, -0.15) is 16.8 Å². The second kappa shape index (κ2) is 12.7. The van der Waals surface area contributed by atoms with E-state index in [1.165, 1.54) is 24.3 Å². The molecule has 0 radical (unpaired) electrons. The van der Waals surface area contributed by atoms with E-state index in [2.05, 4.69) is 20.6 Å². The molecule has 0 aliphatic heterocycles. The Morgan fingerprint density at radius 2 is 1.07 bits per heavy atom. The number of rotatable bonds is 10. The fourth-order valence-electron chi connectivity index (χ4n) is 3.55. The van der Waals surface area contributed by atoms with E-state index >= 15 is 0 Å². The van der Waals surface area contributed by atoms with Gasteiger partial charge in [0.2, 0.25) is 11.6 Å². The molecule has 0 saturated heterocycles. The predicted molar refractivity (Wildman–Crippen MR) is 151 cm³/mol. The summed E-state index contributed by atoms with van der Waals surface area (Å²) in [5.41, 5.74) is 9.61. The van der Waals surface area contributed by atoms with E-state index in [1.54, 1.807) is 0 Å². The summed E-state index contributed by atoms with van der Waals surface area (Å²) >= 11 is 12.5. The van der Waals surface area contributed by atoms with Crippen LogP contribution in [0, 0.1) is 0 Å². The highest BCUT2D eigenvalue weighted by atomic mass is 35.5. The van der Waals surface area contributed by atoms with Gasteiger partial charge in [-0.1, -0.05) is 0 Å². The molecule has 1 aliphatic rings. The second-order valence-electron chi connectivity index (χ2n) is 8.19. The molecule has 0 spiro atoms. The van der Waals surface area contributed by atoms with Gasteiger partial charge in [-0.25, -0.2) is 9.98 Å². The summed E-state index contributed by atoms with van der Waals surface area (Å²) in [5.74, 6) is -1.84. The van der Waals surface area contributed by atoms with Crippen LogP contribution in [0.5, 0.6) is 0 Å². The highest BCUT2D eigenvalue weighted by molar-refractivity contribution is 7.86. The first kappa shape index (κ1) is 31.6. The molecule has 0 heterocycles. The van der Waals surface area contributed by atoms with Crippen molar-refractivity contribution in [1.82, 2.24) is 0 Å². The number of hydrogen-bond acceptors (Lipinski definition) is 12. The SMILES string of the molecule is NCCNc1ccc(N=C2C(=O)C(Cl)C(=Nc3ccc(NCCN)c(S(=O)(=O)O)c3)C(=O)C2Cl)cc1S(=O)(=O)O. The number of alkyl halides is 2. The minimum Gasteiger partial charge on any atom is -0.383 e. The van der Waals surface area contributed by atoms with E-state index in [1.807, 2.05) is 0 Å². The molecule has 1 aliphatic carbocycles. The summed E-state index contributed by atoms with van der Waals surface area (Å²) in [5, 5.41) is 2.09. The topological polar surface area (TPSA) is 244 Å². The largest absolute Gasteiger partial charge is 0.383 e. The normalized spacial score (nSPS) is 20.2. The minimum absolute atomic E-state index is 0.0310. The minimum atomic E-state index is -4.72. The molecule has 1 saturated carbocycles. The zero-order valence-electron chi connectivity index (χ0n) is 20.4. The van der Waals surface area contributed by atoms with E-state index in [0.717, 1.165) is 12.1 Å². The number of carbonyl (C=O) groups is 2. The van der Waals surface area contributed by atoms with Gasteiger partial charge in [0.15, 0.2) is 0 Å². The van der Waals surface area contributed by atoms with Crippen LogP contribution in [-0.2, 0) is 29.8 Å². The molecule has 0 aromatic heterocycles. The van der Waals surface area contributed by atoms with Gasteiger partial charge in [-0.15, -0.1) is 23.2 Å². The molecule has 216 valence electrons. The van der Waals surface area contributed by atoms with Crippen molar-refractivity contribution in [1.29, 1.82) is 0 Å². The molecule has 0 amide bonds.